The summed E-state index contributed by atoms with van der Waals surface area (Å²) in [5.74, 6) is -0.932. The highest BCUT2D eigenvalue weighted by Crippen LogP contribution is 2.18. The number of aliphatic carboxylic acids is 1. The molecule has 0 radical (unpaired) electrons. The Morgan fingerprint density at radius 1 is 1.44 bits per heavy atom. The van der Waals surface area contributed by atoms with Gasteiger partial charge in [-0.2, -0.15) is 0 Å². The fraction of sp³-hybridized carbons (Fsp3) is 0.833. The summed E-state index contributed by atoms with van der Waals surface area (Å²) in [6, 6.07) is -0.107. The second-order valence-electron chi connectivity index (χ2n) is 5.53. The first kappa shape index (κ1) is 14.8. The topological polar surface area (TPSA) is 76.1 Å². The Bertz CT molecular complexity index is 323. The van der Waals surface area contributed by atoms with Crippen LogP contribution in [0.25, 0.3) is 0 Å². The predicted octanol–water partition coefficient (Wildman–Crippen LogP) is 1.49. The Kier molecular flexibility index (Phi) is 4.56. The van der Waals surface area contributed by atoms with Gasteiger partial charge in [-0.25, -0.2) is 4.79 Å². The van der Waals surface area contributed by atoms with Crippen molar-refractivity contribution in [3.8, 4) is 0 Å². The van der Waals surface area contributed by atoms with Crippen LogP contribution >= 0.6 is 0 Å². The largest absolute Gasteiger partial charge is 0.481 e. The highest BCUT2D eigenvalue weighted by Gasteiger charge is 2.33. The van der Waals surface area contributed by atoms with E-state index in [0.717, 1.165) is 0 Å². The lowest BCUT2D eigenvalue weighted by atomic mass is 10.1. The SMILES string of the molecule is C[C@@H]1CO[C@H](CC(=O)O)CN1C(=O)OC(C)(C)C. The summed E-state index contributed by atoms with van der Waals surface area (Å²) in [6.45, 7) is 7.82. The molecule has 0 aromatic carbocycles. The van der Waals surface area contributed by atoms with Gasteiger partial charge in [0.25, 0.3) is 0 Å². The van der Waals surface area contributed by atoms with Crippen LogP contribution < -0.4 is 0 Å². The van der Waals surface area contributed by atoms with Gasteiger partial charge >= 0.3 is 12.1 Å². The van der Waals surface area contributed by atoms with E-state index in [1.807, 2.05) is 6.92 Å². The summed E-state index contributed by atoms with van der Waals surface area (Å²) in [7, 11) is 0. The summed E-state index contributed by atoms with van der Waals surface area (Å²) in [5, 5.41) is 8.73. The van der Waals surface area contributed by atoms with Gasteiger partial charge in [0.2, 0.25) is 0 Å². The number of carboxylic acid groups (broad SMARTS) is 1. The van der Waals surface area contributed by atoms with Gasteiger partial charge < -0.3 is 19.5 Å². The molecule has 1 heterocycles. The van der Waals surface area contributed by atoms with E-state index in [4.69, 9.17) is 14.6 Å². The summed E-state index contributed by atoms with van der Waals surface area (Å²) < 4.78 is 10.7. The maximum atomic E-state index is 12.0. The van der Waals surface area contributed by atoms with Crippen LogP contribution in [0, 0.1) is 0 Å². The Balaban J connectivity index is 2.61. The molecular weight excluding hydrogens is 238 g/mol. The lowest BCUT2D eigenvalue weighted by Gasteiger charge is -2.38. The van der Waals surface area contributed by atoms with Gasteiger partial charge in [-0.3, -0.25) is 4.79 Å². The van der Waals surface area contributed by atoms with E-state index < -0.39 is 23.8 Å². The average molecular weight is 259 g/mol. The lowest BCUT2D eigenvalue weighted by Crippen LogP contribution is -2.52. The molecule has 0 bridgehead atoms. The standard InChI is InChI=1S/C12H21NO5/c1-8-7-17-9(5-10(14)15)6-13(8)11(16)18-12(2,3)4/h8-9H,5-7H2,1-4H3,(H,14,15)/t8-,9-/m1/s1. The molecule has 1 aliphatic rings. The number of nitrogens with zero attached hydrogens (tertiary/aromatic N) is 1. The first-order valence-electron chi connectivity index (χ1n) is 6.02. The molecular formula is C12H21NO5. The summed E-state index contributed by atoms with van der Waals surface area (Å²) in [6.07, 6.45) is -0.994. The highest BCUT2D eigenvalue weighted by molar-refractivity contribution is 5.70. The minimum Gasteiger partial charge on any atom is -0.481 e. The van der Waals surface area contributed by atoms with Crippen LogP contribution in [0.2, 0.25) is 0 Å². The summed E-state index contributed by atoms with van der Waals surface area (Å²) in [5.41, 5.74) is -0.558. The van der Waals surface area contributed by atoms with Crippen molar-refractivity contribution in [2.45, 2.75) is 51.9 Å². The quantitative estimate of drug-likeness (QED) is 0.813. The van der Waals surface area contributed by atoms with E-state index in [1.54, 1.807) is 20.8 Å². The molecule has 0 spiro atoms. The van der Waals surface area contributed by atoms with Gasteiger partial charge in [0.05, 0.1) is 31.7 Å². The van der Waals surface area contributed by atoms with Crippen molar-refractivity contribution in [2.75, 3.05) is 13.2 Å². The summed E-state index contributed by atoms with van der Waals surface area (Å²) in [4.78, 5) is 24.1. The van der Waals surface area contributed by atoms with E-state index in [2.05, 4.69) is 0 Å². The number of hydrogen-bond acceptors (Lipinski definition) is 4. The molecule has 1 aliphatic heterocycles. The van der Waals surface area contributed by atoms with E-state index in [1.165, 1.54) is 4.90 Å². The second-order valence-corrected chi connectivity index (χ2v) is 5.53. The Morgan fingerprint density at radius 2 is 2.06 bits per heavy atom. The number of carbonyl (C=O) groups is 2. The van der Waals surface area contributed by atoms with Crippen molar-refractivity contribution >= 4 is 12.1 Å². The molecule has 1 saturated heterocycles. The molecule has 6 nitrogen and oxygen atoms in total. The molecule has 2 atom stereocenters. The number of carbonyl (C=O) groups excluding carboxylic acids is 1. The van der Waals surface area contributed by atoms with Gasteiger partial charge in [-0.1, -0.05) is 0 Å². The average Bonchev–Trinajstić information content (AvgIpc) is 2.17. The van der Waals surface area contributed by atoms with Gasteiger partial charge in [-0.05, 0) is 27.7 Å². The van der Waals surface area contributed by atoms with Crippen molar-refractivity contribution in [1.82, 2.24) is 4.90 Å². The molecule has 0 aromatic rings. The third-order valence-electron chi connectivity index (χ3n) is 2.54. The summed E-state index contributed by atoms with van der Waals surface area (Å²) >= 11 is 0. The predicted molar refractivity (Wildman–Crippen MR) is 64.4 cm³/mol. The number of morpholine rings is 1. The lowest BCUT2D eigenvalue weighted by molar-refractivity contribution is -0.143. The van der Waals surface area contributed by atoms with Crippen molar-refractivity contribution in [3.63, 3.8) is 0 Å². The molecule has 0 saturated carbocycles. The van der Waals surface area contributed by atoms with Gasteiger partial charge in [-0.15, -0.1) is 0 Å². The Morgan fingerprint density at radius 3 is 2.56 bits per heavy atom. The molecule has 104 valence electrons. The van der Waals surface area contributed by atoms with E-state index in [9.17, 15) is 9.59 Å². The maximum Gasteiger partial charge on any atom is 0.410 e. The van der Waals surface area contributed by atoms with Crippen molar-refractivity contribution in [3.05, 3.63) is 0 Å². The number of carboxylic acids is 1. The first-order valence-corrected chi connectivity index (χ1v) is 6.02. The van der Waals surface area contributed by atoms with Crippen LogP contribution in [-0.2, 0) is 14.3 Å². The Labute approximate surface area is 107 Å². The third-order valence-corrected chi connectivity index (χ3v) is 2.54. The molecule has 18 heavy (non-hydrogen) atoms. The second kappa shape index (κ2) is 5.56. The van der Waals surface area contributed by atoms with Gasteiger partial charge in [0, 0.05) is 0 Å². The molecule has 6 heteroatoms. The van der Waals surface area contributed by atoms with Crippen LogP contribution in [0.4, 0.5) is 4.79 Å². The van der Waals surface area contributed by atoms with Gasteiger partial charge in [0.1, 0.15) is 5.60 Å². The van der Waals surface area contributed by atoms with E-state index in [-0.39, 0.29) is 19.0 Å². The van der Waals surface area contributed by atoms with Crippen LogP contribution in [0.3, 0.4) is 0 Å². The third kappa shape index (κ3) is 4.52. The fourth-order valence-electron chi connectivity index (χ4n) is 1.71. The first-order chi connectivity index (χ1) is 8.19. The highest BCUT2D eigenvalue weighted by atomic mass is 16.6. The zero-order valence-electron chi connectivity index (χ0n) is 11.3. The molecule has 1 fully saturated rings. The Hall–Kier alpha value is -1.30. The van der Waals surface area contributed by atoms with Crippen molar-refractivity contribution in [1.29, 1.82) is 0 Å². The van der Waals surface area contributed by atoms with Crippen molar-refractivity contribution in [2.24, 2.45) is 0 Å². The number of rotatable bonds is 2. The van der Waals surface area contributed by atoms with Crippen LogP contribution in [0.5, 0.6) is 0 Å². The minimum atomic E-state index is -0.932. The zero-order valence-corrected chi connectivity index (χ0v) is 11.3. The minimum absolute atomic E-state index is 0.105. The molecule has 0 aliphatic carbocycles. The van der Waals surface area contributed by atoms with E-state index >= 15 is 0 Å². The number of amides is 1. The fourth-order valence-corrected chi connectivity index (χ4v) is 1.71. The van der Waals surface area contributed by atoms with Crippen LogP contribution in [-0.4, -0.2) is 53.0 Å². The van der Waals surface area contributed by atoms with Crippen LogP contribution in [0.15, 0.2) is 0 Å². The molecule has 1 amide bonds. The molecule has 0 aromatic heterocycles. The normalized spacial score (nSPS) is 24.8. The maximum absolute atomic E-state index is 12.0. The van der Waals surface area contributed by atoms with Crippen molar-refractivity contribution < 1.29 is 24.2 Å². The number of hydrogen-bond donors (Lipinski definition) is 1. The molecule has 1 N–H and O–H groups in total. The molecule has 0 unspecified atom stereocenters. The van der Waals surface area contributed by atoms with Crippen LogP contribution in [0.1, 0.15) is 34.1 Å². The molecule has 1 rings (SSSR count). The zero-order chi connectivity index (χ0) is 13.9. The smallest absolute Gasteiger partial charge is 0.410 e. The van der Waals surface area contributed by atoms with Gasteiger partial charge in [0.15, 0.2) is 0 Å². The van der Waals surface area contributed by atoms with E-state index in [0.29, 0.717) is 6.61 Å². The monoisotopic (exact) mass is 259 g/mol. The number of ether oxygens (including phenoxy) is 2.